The number of hydrogen-bond donors (Lipinski definition) is 0. The average Bonchev–Trinajstić information content (AvgIpc) is 2.57. The van der Waals surface area contributed by atoms with Crippen molar-refractivity contribution in [3.8, 4) is 11.5 Å². The molecule has 26 heavy (non-hydrogen) atoms. The van der Waals surface area contributed by atoms with Gasteiger partial charge in [0, 0.05) is 11.0 Å². The molecule has 0 saturated heterocycles. The minimum Gasteiger partial charge on any atom is -0.493 e. The number of allylic oxidation sites excluding steroid dienone is 1. The summed E-state index contributed by atoms with van der Waals surface area (Å²) in [6.45, 7) is 10.1. The molecule has 4 aliphatic rings. The molecule has 0 radical (unpaired) electrons. The van der Waals surface area contributed by atoms with Crippen LogP contribution in [-0.4, -0.2) is 13.1 Å². The molecule has 1 aromatic carbocycles. The van der Waals surface area contributed by atoms with E-state index in [1.165, 1.54) is 30.4 Å². The van der Waals surface area contributed by atoms with Crippen molar-refractivity contribution < 1.29 is 14.3 Å². The maximum atomic E-state index is 12.4. The van der Waals surface area contributed by atoms with Crippen molar-refractivity contribution in [2.75, 3.05) is 7.11 Å². The first-order valence-electron chi connectivity index (χ1n) is 9.83. The maximum absolute atomic E-state index is 12.4. The number of para-hydroxylation sites is 1. The van der Waals surface area contributed by atoms with Crippen molar-refractivity contribution in [2.24, 2.45) is 23.2 Å². The summed E-state index contributed by atoms with van der Waals surface area (Å²) in [5.74, 6) is 3.25. The summed E-state index contributed by atoms with van der Waals surface area (Å²) < 4.78 is 11.6. The van der Waals surface area contributed by atoms with Gasteiger partial charge >= 0.3 is 5.97 Å². The van der Waals surface area contributed by atoms with Crippen LogP contribution in [-0.2, 0) is 10.2 Å². The number of carbonyl (C=O) groups excluding carboxylic acids is 1. The molecule has 0 aromatic heterocycles. The summed E-state index contributed by atoms with van der Waals surface area (Å²) in [7, 11) is 1.68. The van der Waals surface area contributed by atoms with Gasteiger partial charge in [0.15, 0.2) is 11.5 Å². The molecule has 0 amide bonds. The van der Waals surface area contributed by atoms with Crippen LogP contribution in [0.25, 0.3) is 0 Å². The Labute approximate surface area is 156 Å². The fourth-order valence-electron chi connectivity index (χ4n) is 5.73. The van der Waals surface area contributed by atoms with Gasteiger partial charge in [-0.2, -0.15) is 0 Å². The molecule has 3 nitrogen and oxygen atoms in total. The highest BCUT2D eigenvalue weighted by atomic mass is 16.6. The van der Waals surface area contributed by atoms with Crippen molar-refractivity contribution in [1.82, 2.24) is 0 Å². The fraction of sp³-hybridized carbons (Fsp3) is 0.609. The summed E-state index contributed by atoms with van der Waals surface area (Å²) in [5, 5.41) is 0. The number of ether oxygens (including phenoxy) is 2. The van der Waals surface area contributed by atoms with E-state index in [0.29, 0.717) is 17.4 Å². The van der Waals surface area contributed by atoms with Crippen LogP contribution in [0, 0.1) is 23.2 Å². The van der Waals surface area contributed by atoms with E-state index >= 15 is 0 Å². The second kappa shape index (κ2) is 5.87. The largest absolute Gasteiger partial charge is 0.493 e. The van der Waals surface area contributed by atoms with Crippen LogP contribution in [0.4, 0.5) is 0 Å². The molecule has 4 bridgehead atoms. The average molecular weight is 354 g/mol. The van der Waals surface area contributed by atoms with E-state index in [9.17, 15) is 4.79 Å². The van der Waals surface area contributed by atoms with Crippen LogP contribution in [0.15, 0.2) is 30.4 Å². The van der Waals surface area contributed by atoms with Gasteiger partial charge in [-0.3, -0.25) is 4.79 Å². The van der Waals surface area contributed by atoms with E-state index in [1.54, 1.807) is 7.11 Å². The van der Waals surface area contributed by atoms with Gasteiger partial charge in [0.05, 0.1) is 12.5 Å². The highest BCUT2D eigenvalue weighted by molar-refractivity contribution is 5.78. The molecular formula is C23H30O3. The number of esters is 1. The molecule has 0 spiro atoms. The smallest absolute Gasteiger partial charge is 0.316 e. The van der Waals surface area contributed by atoms with E-state index in [1.807, 2.05) is 32.9 Å². The van der Waals surface area contributed by atoms with Crippen LogP contribution in [0.2, 0.25) is 0 Å². The van der Waals surface area contributed by atoms with Crippen LogP contribution in [0.3, 0.4) is 0 Å². The van der Waals surface area contributed by atoms with Crippen molar-refractivity contribution >= 4 is 5.97 Å². The molecule has 4 saturated carbocycles. The van der Waals surface area contributed by atoms with E-state index in [2.05, 4.69) is 12.6 Å². The Hall–Kier alpha value is -1.77. The van der Waals surface area contributed by atoms with Gasteiger partial charge in [0.1, 0.15) is 0 Å². The second-order valence-corrected chi connectivity index (χ2v) is 9.63. The van der Waals surface area contributed by atoms with Crippen LogP contribution in [0.1, 0.15) is 58.4 Å². The molecule has 3 heteroatoms. The Morgan fingerprint density at radius 2 is 1.81 bits per heavy atom. The quantitative estimate of drug-likeness (QED) is 0.421. The molecular weight excluding hydrogens is 324 g/mol. The van der Waals surface area contributed by atoms with E-state index < -0.39 is 5.41 Å². The Balaban J connectivity index is 1.77. The minimum absolute atomic E-state index is 0.00968. The summed E-state index contributed by atoms with van der Waals surface area (Å²) in [6, 6.07) is 6.00. The number of benzene rings is 1. The number of carbonyl (C=O) groups is 1. The summed E-state index contributed by atoms with van der Waals surface area (Å²) >= 11 is 0. The predicted molar refractivity (Wildman–Crippen MR) is 102 cm³/mol. The normalized spacial score (nSPS) is 32.6. The van der Waals surface area contributed by atoms with Gasteiger partial charge in [-0.1, -0.05) is 24.3 Å². The number of hydrogen-bond acceptors (Lipinski definition) is 3. The highest BCUT2D eigenvalue weighted by Gasteiger charge is 2.55. The Kier molecular flexibility index (Phi) is 3.98. The van der Waals surface area contributed by atoms with Crippen LogP contribution >= 0.6 is 0 Å². The topological polar surface area (TPSA) is 35.5 Å². The standard InChI is InChI=1S/C23H30O3/c1-14-17-10-15-9-16(11-17)13-23(14,12-15)18-7-6-8-19(20(18)25-5)26-21(24)22(2,3)4/h6-8,15-17H,1,9-13H2,2-5H3. The van der Waals surface area contributed by atoms with Gasteiger partial charge in [0.2, 0.25) is 0 Å². The van der Waals surface area contributed by atoms with E-state index in [0.717, 1.165) is 24.7 Å². The zero-order valence-electron chi connectivity index (χ0n) is 16.4. The molecule has 2 atom stereocenters. The first-order chi connectivity index (χ1) is 12.2. The fourth-order valence-corrected chi connectivity index (χ4v) is 5.73. The van der Waals surface area contributed by atoms with Crippen LogP contribution < -0.4 is 9.47 Å². The highest BCUT2D eigenvalue weighted by Crippen LogP contribution is 2.64. The molecule has 0 aliphatic heterocycles. The third-order valence-electron chi connectivity index (χ3n) is 6.80. The van der Waals surface area contributed by atoms with Crippen molar-refractivity contribution in [3.63, 3.8) is 0 Å². The second-order valence-electron chi connectivity index (χ2n) is 9.63. The first kappa shape index (κ1) is 17.6. The molecule has 4 aliphatic carbocycles. The number of methoxy groups -OCH3 is 1. The van der Waals surface area contributed by atoms with Gasteiger partial charge in [-0.05, 0) is 76.7 Å². The van der Waals surface area contributed by atoms with Crippen molar-refractivity contribution in [2.45, 2.75) is 58.3 Å². The van der Waals surface area contributed by atoms with Crippen molar-refractivity contribution in [3.05, 3.63) is 35.9 Å². The molecule has 5 rings (SSSR count). The Bertz CT molecular complexity index is 741. The maximum Gasteiger partial charge on any atom is 0.316 e. The first-order valence-corrected chi connectivity index (χ1v) is 9.83. The van der Waals surface area contributed by atoms with Crippen LogP contribution in [0.5, 0.6) is 11.5 Å². The monoisotopic (exact) mass is 354 g/mol. The Morgan fingerprint density at radius 3 is 2.38 bits per heavy atom. The molecule has 1 aromatic rings. The summed E-state index contributed by atoms with van der Waals surface area (Å²) in [6.07, 6.45) is 6.29. The molecule has 0 heterocycles. The Morgan fingerprint density at radius 1 is 1.15 bits per heavy atom. The zero-order valence-corrected chi connectivity index (χ0v) is 16.4. The van der Waals surface area contributed by atoms with Crippen molar-refractivity contribution in [1.29, 1.82) is 0 Å². The van der Waals surface area contributed by atoms with E-state index in [4.69, 9.17) is 9.47 Å². The third-order valence-corrected chi connectivity index (χ3v) is 6.80. The van der Waals surface area contributed by atoms with Gasteiger partial charge in [-0.15, -0.1) is 0 Å². The summed E-state index contributed by atoms with van der Waals surface area (Å²) in [5.41, 5.74) is 1.99. The third kappa shape index (κ3) is 2.59. The predicted octanol–water partition coefficient (Wildman–Crippen LogP) is 5.28. The number of rotatable bonds is 3. The van der Waals surface area contributed by atoms with Gasteiger partial charge < -0.3 is 9.47 Å². The molecule has 2 unspecified atom stereocenters. The van der Waals surface area contributed by atoms with E-state index in [-0.39, 0.29) is 11.4 Å². The van der Waals surface area contributed by atoms with Gasteiger partial charge in [0.25, 0.3) is 0 Å². The zero-order chi connectivity index (χ0) is 18.7. The lowest BCUT2D eigenvalue weighted by atomic mass is 9.46. The minimum atomic E-state index is -0.550. The molecule has 140 valence electrons. The lowest BCUT2D eigenvalue weighted by molar-refractivity contribution is -0.143. The molecule has 4 fully saturated rings. The molecule has 0 N–H and O–H groups in total. The van der Waals surface area contributed by atoms with Gasteiger partial charge in [-0.25, -0.2) is 0 Å². The lowest BCUT2D eigenvalue weighted by Crippen LogP contribution is -2.50. The lowest BCUT2D eigenvalue weighted by Gasteiger charge is -2.58. The summed E-state index contributed by atoms with van der Waals surface area (Å²) in [4.78, 5) is 12.4. The SMILES string of the molecule is C=C1C2CC3CC(C2)CC1(c1cccc(OC(=O)C(C)(C)C)c1OC)C3.